The Balaban J connectivity index is 2.36. The second kappa shape index (κ2) is 3.70. The Bertz CT molecular complexity index is 413. The maximum Gasteiger partial charge on any atom is 0.235 e. The van der Waals surface area contributed by atoms with Gasteiger partial charge in [0.15, 0.2) is 11.5 Å². The molecule has 1 aromatic rings. The molecule has 0 aliphatic carbocycles. The van der Waals surface area contributed by atoms with E-state index in [0.717, 1.165) is 5.56 Å². The summed E-state index contributed by atoms with van der Waals surface area (Å²) in [6.45, 7) is 0.426. The molecule has 1 aliphatic heterocycles. The average molecular weight is 212 g/mol. The second-order valence-corrected chi connectivity index (χ2v) is 3.13. The normalized spacial score (nSPS) is 12.4. The van der Waals surface area contributed by atoms with Gasteiger partial charge in [-0.2, -0.15) is 0 Å². The smallest absolute Gasteiger partial charge is 0.235 e. The van der Waals surface area contributed by atoms with Crippen LogP contribution >= 0.6 is 11.6 Å². The van der Waals surface area contributed by atoms with Gasteiger partial charge in [0.1, 0.15) is 0 Å². The van der Waals surface area contributed by atoms with E-state index in [0.29, 0.717) is 16.5 Å². The zero-order valence-corrected chi connectivity index (χ0v) is 7.87. The third kappa shape index (κ3) is 1.58. The van der Waals surface area contributed by atoms with Crippen molar-refractivity contribution in [3.8, 4) is 11.5 Å². The van der Waals surface area contributed by atoms with E-state index in [-0.39, 0.29) is 13.3 Å². The molecule has 0 radical (unpaired) electrons. The lowest BCUT2D eigenvalue weighted by Gasteiger charge is -2.01. The van der Waals surface area contributed by atoms with E-state index in [9.17, 15) is 4.79 Å². The maximum absolute atomic E-state index is 9.92. The molecule has 0 saturated heterocycles. The van der Waals surface area contributed by atoms with Crippen molar-refractivity contribution in [2.45, 2.75) is 6.54 Å². The molecule has 1 aliphatic rings. The topological polar surface area (TPSA) is 47.9 Å². The van der Waals surface area contributed by atoms with Crippen molar-refractivity contribution in [3.05, 3.63) is 22.7 Å². The molecule has 72 valence electrons. The van der Waals surface area contributed by atoms with Crippen LogP contribution < -0.4 is 9.47 Å². The second-order valence-electron chi connectivity index (χ2n) is 2.72. The highest BCUT2D eigenvalue weighted by Crippen LogP contribution is 2.39. The Morgan fingerprint density at radius 1 is 1.50 bits per heavy atom. The maximum atomic E-state index is 9.92. The van der Waals surface area contributed by atoms with Gasteiger partial charge in [0, 0.05) is 0 Å². The minimum absolute atomic E-state index is 0.176. The van der Waals surface area contributed by atoms with Crippen LogP contribution in [0.3, 0.4) is 0 Å². The molecule has 0 bridgehead atoms. The summed E-state index contributed by atoms with van der Waals surface area (Å²) < 4.78 is 10.3. The van der Waals surface area contributed by atoms with Crippen molar-refractivity contribution in [2.24, 2.45) is 4.99 Å². The number of carbonyl (C=O) groups excluding carboxylic acids is 1. The molecule has 0 spiro atoms. The summed E-state index contributed by atoms with van der Waals surface area (Å²) in [5.74, 6) is 1.14. The lowest BCUT2D eigenvalue weighted by molar-refractivity contribution is 0.174. The molecule has 4 nitrogen and oxygen atoms in total. The van der Waals surface area contributed by atoms with Crippen molar-refractivity contribution < 1.29 is 14.3 Å². The molecule has 2 rings (SSSR count). The molecule has 1 aromatic carbocycles. The van der Waals surface area contributed by atoms with Gasteiger partial charge in [0.2, 0.25) is 12.9 Å². The van der Waals surface area contributed by atoms with Gasteiger partial charge in [-0.05, 0) is 17.7 Å². The van der Waals surface area contributed by atoms with Crippen LogP contribution in [0.5, 0.6) is 11.5 Å². The molecular weight excluding hydrogens is 206 g/mol. The lowest BCUT2D eigenvalue weighted by atomic mass is 10.2. The van der Waals surface area contributed by atoms with Crippen molar-refractivity contribution in [2.75, 3.05) is 6.79 Å². The zero-order valence-electron chi connectivity index (χ0n) is 7.12. The summed E-state index contributed by atoms with van der Waals surface area (Å²) in [6, 6.07) is 3.44. The van der Waals surface area contributed by atoms with Crippen LogP contribution in [0, 0.1) is 0 Å². The first-order valence-electron chi connectivity index (χ1n) is 3.93. The Labute approximate surface area is 85.1 Å². The van der Waals surface area contributed by atoms with Gasteiger partial charge in [-0.3, -0.25) is 0 Å². The van der Waals surface area contributed by atoms with Crippen molar-refractivity contribution >= 4 is 17.7 Å². The monoisotopic (exact) mass is 211 g/mol. The van der Waals surface area contributed by atoms with Gasteiger partial charge >= 0.3 is 0 Å². The highest BCUT2D eigenvalue weighted by Gasteiger charge is 2.17. The largest absolute Gasteiger partial charge is 0.454 e. The first kappa shape index (κ1) is 9.06. The third-order valence-corrected chi connectivity index (χ3v) is 2.09. The first-order chi connectivity index (χ1) is 6.81. The summed E-state index contributed by atoms with van der Waals surface area (Å²) in [5.41, 5.74) is 0.794. The van der Waals surface area contributed by atoms with E-state index in [1.54, 1.807) is 12.1 Å². The van der Waals surface area contributed by atoms with E-state index in [1.165, 1.54) is 6.08 Å². The number of aliphatic imine (C=N–C) groups is 1. The average Bonchev–Trinajstić information content (AvgIpc) is 2.63. The summed E-state index contributed by atoms with van der Waals surface area (Å²) in [7, 11) is 0. The summed E-state index contributed by atoms with van der Waals surface area (Å²) in [6.07, 6.45) is 1.46. The Morgan fingerprint density at radius 2 is 2.36 bits per heavy atom. The van der Waals surface area contributed by atoms with Gasteiger partial charge in [0.05, 0.1) is 11.6 Å². The molecular formula is C9H6ClNO3. The minimum Gasteiger partial charge on any atom is -0.454 e. The van der Waals surface area contributed by atoms with E-state index in [2.05, 4.69) is 4.99 Å². The summed E-state index contributed by atoms with van der Waals surface area (Å²) in [5, 5.41) is 0.469. The standard InChI is InChI=1S/C9H6ClNO3/c10-7-1-6(3-11-4-12)2-8-9(7)14-5-13-8/h1-2H,3,5H2. The summed E-state index contributed by atoms with van der Waals surface area (Å²) >= 11 is 5.91. The van der Waals surface area contributed by atoms with E-state index < -0.39 is 0 Å². The molecule has 0 saturated carbocycles. The van der Waals surface area contributed by atoms with Gasteiger partial charge in [0.25, 0.3) is 0 Å². The minimum atomic E-state index is 0.176. The molecule has 0 amide bonds. The number of nitrogens with zero attached hydrogens (tertiary/aromatic N) is 1. The predicted molar refractivity (Wildman–Crippen MR) is 49.4 cm³/mol. The lowest BCUT2D eigenvalue weighted by Crippen LogP contribution is -1.93. The van der Waals surface area contributed by atoms with Gasteiger partial charge in [-0.15, -0.1) is 0 Å². The fourth-order valence-electron chi connectivity index (χ4n) is 1.24. The van der Waals surface area contributed by atoms with Crippen LogP contribution in [0.1, 0.15) is 5.56 Å². The zero-order chi connectivity index (χ0) is 9.97. The third-order valence-electron chi connectivity index (χ3n) is 1.81. The highest BCUT2D eigenvalue weighted by atomic mass is 35.5. The van der Waals surface area contributed by atoms with Crippen molar-refractivity contribution in [3.63, 3.8) is 0 Å². The molecule has 0 N–H and O–H groups in total. The van der Waals surface area contributed by atoms with Crippen LogP contribution in [-0.4, -0.2) is 12.9 Å². The van der Waals surface area contributed by atoms with Crippen LogP contribution in [-0.2, 0) is 11.3 Å². The highest BCUT2D eigenvalue weighted by molar-refractivity contribution is 6.32. The fourth-order valence-corrected chi connectivity index (χ4v) is 1.52. The number of isocyanates is 1. The van der Waals surface area contributed by atoms with Crippen LogP contribution in [0.4, 0.5) is 0 Å². The fraction of sp³-hybridized carbons (Fsp3) is 0.222. The Hall–Kier alpha value is -1.51. The number of hydrogen-bond acceptors (Lipinski definition) is 4. The first-order valence-corrected chi connectivity index (χ1v) is 4.30. The van der Waals surface area contributed by atoms with Gasteiger partial charge in [-0.1, -0.05) is 11.6 Å². The molecule has 0 fully saturated rings. The molecule has 0 aromatic heterocycles. The van der Waals surface area contributed by atoms with Gasteiger partial charge < -0.3 is 9.47 Å². The number of fused-ring (bicyclic) bond motifs is 1. The molecule has 1 heterocycles. The SMILES string of the molecule is O=C=NCc1cc(Cl)c2c(c1)OCO2. The number of halogens is 1. The van der Waals surface area contributed by atoms with Crippen LogP contribution in [0.15, 0.2) is 17.1 Å². The number of hydrogen-bond donors (Lipinski definition) is 0. The molecule has 5 heteroatoms. The van der Waals surface area contributed by atoms with Crippen LogP contribution in [0.25, 0.3) is 0 Å². The molecule has 0 unspecified atom stereocenters. The van der Waals surface area contributed by atoms with Gasteiger partial charge in [-0.25, -0.2) is 9.79 Å². The number of rotatable bonds is 2. The van der Waals surface area contributed by atoms with E-state index in [4.69, 9.17) is 21.1 Å². The quantitative estimate of drug-likeness (QED) is 0.555. The Morgan fingerprint density at radius 3 is 3.14 bits per heavy atom. The Kier molecular flexibility index (Phi) is 2.39. The molecule has 0 atom stereocenters. The number of ether oxygens (including phenoxy) is 2. The van der Waals surface area contributed by atoms with E-state index in [1.807, 2.05) is 0 Å². The molecule has 14 heavy (non-hydrogen) atoms. The van der Waals surface area contributed by atoms with E-state index >= 15 is 0 Å². The van der Waals surface area contributed by atoms with Crippen LogP contribution in [0.2, 0.25) is 5.02 Å². The predicted octanol–water partition coefficient (Wildman–Crippen LogP) is 1.90. The van der Waals surface area contributed by atoms with Crippen molar-refractivity contribution in [1.82, 2.24) is 0 Å². The summed E-state index contributed by atoms with van der Waals surface area (Å²) in [4.78, 5) is 13.4. The number of benzene rings is 1. The van der Waals surface area contributed by atoms with Crippen molar-refractivity contribution in [1.29, 1.82) is 0 Å².